The summed E-state index contributed by atoms with van der Waals surface area (Å²) in [6, 6.07) is 1.43. The molecule has 1 aromatic heterocycles. The van der Waals surface area contributed by atoms with E-state index in [-0.39, 0.29) is 11.6 Å². The minimum absolute atomic E-state index is 0.133. The summed E-state index contributed by atoms with van der Waals surface area (Å²) in [5.74, 6) is -0.974. The number of carboxylic acids is 1. The van der Waals surface area contributed by atoms with Crippen LogP contribution in [-0.4, -0.2) is 16.1 Å². The molecule has 1 rings (SSSR count). The Kier molecular flexibility index (Phi) is 2.97. The van der Waals surface area contributed by atoms with Gasteiger partial charge in [-0.1, -0.05) is 6.92 Å². The molecule has 3 N–H and O–H groups in total. The van der Waals surface area contributed by atoms with E-state index >= 15 is 0 Å². The zero-order chi connectivity index (χ0) is 9.84. The molecule has 4 heteroatoms. The van der Waals surface area contributed by atoms with Crippen LogP contribution in [0.25, 0.3) is 0 Å². The second kappa shape index (κ2) is 4.00. The number of rotatable bonds is 3. The lowest BCUT2D eigenvalue weighted by Gasteiger charge is -2.08. The zero-order valence-electron chi connectivity index (χ0n) is 7.40. The van der Waals surface area contributed by atoms with E-state index in [0.29, 0.717) is 0 Å². The van der Waals surface area contributed by atoms with Crippen molar-refractivity contribution in [3.05, 3.63) is 29.6 Å². The van der Waals surface area contributed by atoms with Crippen molar-refractivity contribution in [3.63, 3.8) is 0 Å². The van der Waals surface area contributed by atoms with Crippen LogP contribution < -0.4 is 5.73 Å². The molecule has 0 radical (unpaired) electrons. The molecule has 0 aliphatic heterocycles. The van der Waals surface area contributed by atoms with Crippen molar-refractivity contribution in [2.24, 2.45) is 5.73 Å². The molecule has 13 heavy (non-hydrogen) atoms. The summed E-state index contributed by atoms with van der Waals surface area (Å²) in [5.41, 5.74) is 6.68. The van der Waals surface area contributed by atoms with Crippen molar-refractivity contribution in [3.8, 4) is 0 Å². The normalized spacial score (nSPS) is 12.5. The number of nitrogens with two attached hydrogens (primary N) is 1. The fourth-order valence-corrected chi connectivity index (χ4v) is 1.01. The maximum Gasteiger partial charge on any atom is 0.337 e. The number of carbonyl (C=O) groups is 1. The average molecular weight is 180 g/mol. The maximum absolute atomic E-state index is 10.6. The largest absolute Gasteiger partial charge is 0.478 e. The van der Waals surface area contributed by atoms with Crippen molar-refractivity contribution in [1.29, 1.82) is 0 Å². The maximum atomic E-state index is 10.6. The van der Waals surface area contributed by atoms with E-state index in [1.165, 1.54) is 6.20 Å². The van der Waals surface area contributed by atoms with E-state index in [2.05, 4.69) is 4.98 Å². The molecule has 0 bridgehead atoms. The number of carboxylic acid groups (broad SMARTS) is 1. The van der Waals surface area contributed by atoms with Gasteiger partial charge in [0.15, 0.2) is 0 Å². The highest BCUT2D eigenvalue weighted by Crippen LogP contribution is 2.13. The van der Waals surface area contributed by atoms with Crippen molar-refractivity contribution >= 4 is 5.97 Å². The second-order valence-corrected chi connectivity index (χ2v) is 2.83. The van der Waals surface area contributed by atoms with Gasteiger partial charge in [0.25, 0.3) is 0 Å². The zero-order valence-corrected chi connectivity index (χ0v) is 7.40. The van der Waals surface area contributed by atoms with Crippen molar-refractivity contribution in [2.45, 2.75) is 19.4 Å². The molecule has 4 nitrogen and oxygen atoms in total. The molecule has 1 atom stereocenters. The molecule has 0 spiro atoms. The van der Waals surface area contributed by atoms with Gasteiger partial charge in [-0.15, -0.1) is 0 Å². The smallest absolute Gasteiger partial charge is 0.337 e. The Morgan fingerprint density at radius 2 is 2.38 bits per heavy atom. The Labute approximate surface area is 76.4 Å². The Balaban J connectivity index is 2.98. The predicted molar refractivity (Wildman–Crippen MR) is 48.4 cm³/mol. The molecule has 0 saturated heterocycles. The molecular formula is C9H12N2O2. The number of pyridine rings is 1. The fraction of sp³-hybridized carbons (Fsp3) is 0.333. The summed E-state index contributed by atoms with van der Waals surface area (Å²) in [6.45, 7) is 1.94. The van der Waals surface area contributed by atoms with E-state index in [0.717, 1.165) is 12.0 Å². The van der Waals surface area contributed by atoms with Crippen molar-refractivity contribution < 1.29 is 9.90 Å². The van der Waals surface area contributed by atoms with Gasteiger partial charge in [0.05, 0.1) is 5.56 Å². The highest BCUT2D eigenvalue weighted by Gasteiger charge is 2.07. The number of hydrogen-bond acceptors (Lipinski definition) is 3. The average Bonchev–Trinajstić information content (AvgIpc) is 2.17. The van der Waals surface area contributed by atoms with Crippen LogP contribution in [0.1, 0.15) is 35.3 Å². The number of aromatic carboxylic acids is 1. The van der Waals surface area contributed by atoms with Crippen LogP contribution in [-0.2, 0) is 0 Å². The third kappa shape index (κ3) is 2.26. The first-order valence-electron chi connectivity index (χ1n) is 4.09. The van der Waals surface area contributed by atoms with Gasteiger partial charge in [-0.05, 0) is 18.1 Å². The topological polar surface area (TPSA) is 76.2 Å². The van der Waals surface area contributed by atoms with Gasteiger partial charge >= 0.3 is 5.97 Å². The Hall–Kier alpha value is -1.42. The van der Waals surface area contributed by atoms with Gasteiger partial charge in [0.1, 0.15) is 0 Å². The van der Waals surface area contributed by atoms with Crippen molar-refractivity contribution in [1.82, 2.24) is 4.98 Å². The first kappa shape index (κ1) is 9.67. The van der Waals surface area contributed by atoms with E-state index < -0.39 is 5.97 Å². The fourth-order valence-electron chi connectivity index (χ4n) is 1.01. The standard InChI is InChI=1S/C9H12N2O2/c1-2-8(10)6-3-7(9(12)13)5-11-4-6/h3-5,8H,2,10H2,1H3,(H,12,13)/t8-/m0/s1. The van der Waals surface area contributed by atoms with Gasteiger partial charge in [-0.3, -0.25) is 4.98 Å². The molecule has 0 aliphatic rings. The number of nitrogens with zero attached hydrogens (tertiary/aromatic N) is 1. The first-order valence-corrected chi connectivity index (χ1v) is 4.09. The van der Waals surface area contributed by atoms with Crippen molar-refractivity contribution in [2.75, 3.05) is 0 Å². The Morgan fingerprint density at radius 1 is 1.69 bits per heavy atom. The SMILES string of the molecule is CC[C@H](N)c1cncc(C(=O)O)c1. The van der Waals surface area contributed by atoms with Gasteiger partial charge in [-0.25, -0.2) is 4.79 Å². The van der Waals surface area contributed by atoms with Gasteiger partial charge < -0.3 is 10.8 Å². The molecule has 0 aliphatic carbocycles. The van der Waals surface area contributed by atoms with Crippen LogP contribution in [0.4, 0.5) is 0 Å². The summed E-state index contributed by atoms with van der Waals surface area (Å²) >= 11 is 0. The molecule has 0 fully saturated rings. The van der Waals surface area contributed by atoms with Crippen LogP contribution >= 0.6 is 0 Å². The third-order valence-electron chi connectivity index (χ3n) is 1.87. The van der Waals surface area contributed by atoms with Crippen LogP contribution in [0.3, 0.4) is 0 Å². The lowest BCUT2D eigenvalue weighted by Crippen LogP contribution is -2.10. The monoisotopic (exact) mass is 180 g/mol. The summed E-state index contributed by atoms with van der Waals surface area (Å²) in [5, 5.41) is 8.68. The quantitative estimate of drug-likeness (QED) is 0.732. The molecule has 70 valence electrons. The molecular weight excluding hydrogens is 168 g/mol. The minimum Gasteiger partial charge on any atom is -0.478 e. The highest BCUT2D eigenvalue weighted by atomic mass is 16.4. The number of hydrogen-bond donors (Lipinski definition) is 2. The molecule has 0 saturated carbocycles. The van der Waals surface area contributed by atoms with Crippen LogP contribution in [0.5, 0.6) is 0 Å². The Bertz CT molecular complexity index is 312. The highest BCUT2D eigenvalue weighted by molar-refractivity contribution is 5.87. The summed E-state index contributed by atoms with van der Waals surface area (Å²) in [6.07, 6.45) is 3.68. The van der Waals surface area contributed by atoms with Gasteiger partial charge in [0.2, 0.25) is 0 Å². The van der Waals surface area contributed by atoms with Crippen LogP contribution in [0.2, 0.25) is 0 Å². The van der Waals surface area contributed by atoms with Crippen LogP contribution in [0, 0.1) is 0 Å². The van der Waals surface area contributed by atoms with Crippen LogP contribution in [0.15, 0.2) is 18.5 Å². The summed E-state index contributed by atoms with van der Waals surface area (Å²) < 4.78 is 0. The van der Waals surface area contributed by atoms with E-state index in [1.807, 2.05) is 6.92 Å². The number of aromatic nitrogens is 1. The van der Waals surface area contributed by atoms with E-state index in [1.54, 1.807) is 12.3 Å². The lowest BCUT2D eigenvalue weighted by molar-refractivity contribution is 0.0696. The molecule has 1 heterocycles. The second-order valence-electron chi connectivity index (χ2n) is 2.83. The summed E-state index contributed by atoms with van der Waals surface area (Å²) in [7, 11) is 0. The first-order chi connectivity index (χ1) is 6.15. The minimum atomic E-state index is -0.974. The summed E-state index contributed by atoms with van der Waals surface area (Å²) in [4.78, 5) is 14.4. The van der Waals surface area contributed by atoms with E-state index in [4.69, 9.17) is 10.8 Å². The molecule has 0 amide bonds. The third-order valence-corrected chi connectivity index (χ3v) is 1.87. The molecule has 0 aromatic carbocycles. The van der Waals surface area contributed by atoms with Gasteiger partial charge in [-0.2, -0.15) is 0 Å². The van der Waals surface area contributed by atoms with E-state index in [9.17, 15) is 4.79 Å². The predicted octanol–water partition coefficient (Wildman–Crippen LogP) is 1.19. The molecule has 1 aromatic rings. The molecule has 0 unspecified atom stereocenters. The lowest BCUT2D eigenvalue weighted by atomic mass is 10.1. The van der Waals surface area contributed by atoms with Gasteiger partial charge in [0, 0.05) is 18.4 Å². The Morgan fingerprint density at radius 3 is 2.92 bits per heavy atom.